The molecule has 4 atom stereocenters. The molecule has 0 spiro atoms. The van der Waals surface area contributed by atoms with E-state index >= 15 is 0 Å². The summed E-state index contributed by atoms with van der Waals surface area (Å²) in [4.78, 5) is 52.3. The first kappa shape index (κ1) is 39.4. The summed E-state index contributed by atoms with van der Waals surface area (Å²) in [6.45, 7) is 1.55. The average molecular weight is 786 g/mol. The number of benzene rings is 5. The van der Waals surface area contributed by atoms with Gasteiger partial charge in [-0.05, 0) is 69.8 Å². The Morgan fingerprint density at radius 2 is 1.53 bits per heavy atom. The summed E-state index contributed by atoms with van der Waals surface area (Å²) in [5, 5.41) is 14.9. The van der Waals surface area contributed by atoms with Gasteiger partial charge < -0.3 is 30.0 Å². The van der Waals surface area contributed by atoms with E-state index in [9.17, 15) is 24.3 Å². The van der Waals surface area contributed by atoms with Gasteiger partial charge in [-0.3, -0.25) is 19.3 Å². The van der Waals surface area contributed by atoms with Crippen LogP contribution in [0.5, 0.6) is 0 Å². The monoisotopic (exact) mass is 785 g/mol. The van der Waals surface area contributed by atoms with Crippen molar-refractivity contribution in [3.63, 3.8) is 0 Å². The van der Waals surface area contributed by atoms with Crippen LogP contribution in [0.1, 0.15) is 60.0 Å². The van der Waals surface area contributed by atoms with Crippen LogP contribution >= 0.6 is 11.8 Å². The predicted octanol–water partition coefficient (Wildman–Crippen LogP) is 7.70. The zero-order chi connectivity index (χ0) is 39.7. The smallest absolute Gasteiger partial charge is 0.408 e. The van der Waals surface area contributed by atoms with Gasteiger partial charge in [0.1, 0.15) is 12.6 Å². The zero-order valence-electron chi connectivity index (χ0n) is 31.3. The lowest BCUT2D eigenvalue weighted by Crippen LogP contribution is -2.41. The van der Waals surface area contributed by atoms with E-state index in [0.29, 0.717) is 12.2 Å². The minimum absolute atomic E-state index is 0.0418. The molecule has 0 bridgehead atoms. The molecule has 5 aromatic carbocycles. The summed E-state index contributed by atoms with van der Waals surface area (Å²) in [7, 11) is 0. The van der Waals surface area contributed by atoms with Crippen molar-refractivity contribution in [3.8, 4) is 11.1 Å². The number of thioether (sulfide) groups is 1. The summed E-state index contributed by atoms with van der Waals surface area (Å²) in [6, 6.07) is 39.3. The van der Waals surface area contributed by atoms with Crippen molar-refractivity contribution in [2.24, 2.45) is 0 Å². The molecule has 2 aliphatic heterocycles. The summed E-state index contributed by atoms with van der Waals surface area (Å²) in [5.74, 6) is -0.301. The van der Waals surface area contributed by atoms with E-state index in [1.807, 2.05) is 127 Å². The number of alkyl carbamates (subject to hydrolysis) is 1. The number of ether oxygens (including phenoxy) is 3. The Labute approximate surface area is 335 Å². The predicted molar refractivity (Wildman–Crippen MR) is 215 cm³/mol. The Bertz CT molecular complexity index is 2200. The van der Waals surface area contributed by atoms with Crippen LogP contribution in [0.3, 0.4) is 0 Å². The molecule has 2 aliphatic rings. The first-order valence-electron chi connectivity index (χ1n) is 18.7. The van der Waals surface area contributed by atoms with Gasteiger partial charge in [-0.2, -0.15) is 0 Å². The Hall–Kier alpha value is -5.79. The second kappa shape index (κ2) is 18.4. The molecule has 57 heavy (non-hydrogen) atoms. The number of hydrogen-bond donors (Lipinski definition) is 3. The van der Waals surface area contributed by atoms with Gasteiger partial charge in [0.15, 0.2) is 6.29 Å². The van der Waals surface area contributed by atoms with E-state index < -0.39 is 24.3 Å². The van der Waals surface area contributed by atoms with Gasteiger partial charge in [0.05, 0.1) is 31.8 Å². The molecule has 5 aromatic rings. The Morgan fingerprint density at radius 1 is 0.807 bits per heavy atom. The minimum atomic E-state index is -0.995. The minimum Gasteiger partial charge on any atom is -0.445 e. The number of aliphatic hydroxyl groups is 1. The van der Waals surface area contributed by atoms with Crippen LogP contribution in [-0.4, -0.2) is 51.7 Å². The molecule has 0 radical (unpaired) electrons. The number of nitrogens with one attached hydrogen (secondary N) is 2. The second-order valence-corrected chi connectivity index (χ2v) is 15.1. The van der Waals surface area contributed by atoms with Crippen LogP contribution < -0.4 is 10.6 Å². The van der Waals surface area contributed by atoms with Gasteiger partial charge >= 0.3 is 6.09 Å². The molecule has 4 amide bonds. The topological polar surface area (TPSA) is 144 Å². The van der Waals surface area contributed by atoms with Crippen molar-refractivity contribution in [3.05, 3.63) is 155 Å². The number of hydrogen-bond acceptors (Lipinski definition) is 9. The third-order valence-electron chi connectivity index (χ3n) is 9.73. The van der Waals surface area contributed by atoms with E-state index in [2.05, 4.69) is 10.6 Å². The highest BCUT2D eigenvalue weighted by atomic mass is 32.2. The van der Waals surface area contributed by atoms with Crippen molar-refractivity contribution in [1.82, 2.24) is 10.2 Å². The van der Waals surface area contributed by atoms with Crippen molar-refractivity contribution in [2.75, 3.05) is 11.1 Å². The Morgan fingerprint density at radius 3 is 2.26 bits per heavy atom. The Kier molecular flexibility index (Phi) is 12.8. The van der Waals surface area contributed by atoms with E-state index in [1.165, 1.54) is 11.8 Å². The summed E-state index contributed by atoms with van der Waals surface area (Å²) < 4.78 is 18.5. The van der Waals surface area contributed by atoms with Crippen LogP contribution in [-0.2, 0) is 48.4 Å². The maximum Gasteiger partial charge on any atom is 0.408 e. The van der Waals surface area contributed by atoms with Crippen LogP contribution in [0.15, 0.2) is 132 Å². The third kappa shape index (κ3) is 10.3. The van der Waals surface area contributed by atoms with E-state index in [4.69, 9.17) is 14.2 Å². The summed E-state index contributed by atoms with van der Waals surface area (Å²) in [5.41, 5.74) is 6.74. The lowest BCUT2D eigenvalue weighted by molar-refractivity contribution is -0.245. The van der Waals surface area contributed by atoms with Crippen LogP contribution in [0.25, 0.3) is 11.1 Å². The maximum absolute atomic E-state index is 13.2. The van der Waals surface area contributed by atoms with Gasteiger partial charge in [0.25, 0.3) is 5.91 Å². The zero-order valence-corrected chi connectivity index (χ0v) is 32.2. The van der Waals surface area contributed by atoms with E-state index in [0.717, 1.165) is 49.5 Å². The van der Waals surface area contributed by atoms with Gasteiger partial charge in [-0.15, -0.1) is 11.8 Å². The van der Waals surface area contributed by atoms with Crippen LogP contribution in [0.4, 0.5) is 10.5 Å². The molecule has 2 fully saturated rings. The van der Waals surface area contributed by atoms with Crippen molar-refractivity contribution in [2.45, 2.75) is 69.0 Å². The number of carbonyl (C=O) groups excluding carboxylic acids is 4. The SMILES string of the molecule is CC(=O)Nc1ccc(SC[C@@H]2C[C@H](c3ccc(CO)cc3)O[C@H](c3cccc(-c4cccc(CN5C(=O)CC(NC(=O)OCc6ccccc6)C5=O)c4)c3)O2)cc1. The fraction of sp³-hybridized carbons (Fsp3) is 0.244. The lowest BCUT2D eigenvalue weighted by Gasteiger charge is -2.36. The van der Waals surface area contributed by atoms with E-state index in [-0.39, 0.29) is 50.2 Å². The molecule has 0 aliphatic carbocycles. The molecule has 1 unspecified atom stereocenters. The van der Waals surface area contributed by atoms with Gasteiger partial charge in [-0.25, -0.2) is 4.79 Å². The number of aliphatic hydroxyl groups excluding tert-OH is 1. The molecular formula is C45H43N3O8S. The largest absolute Gasteiger partial charge is 0.445 e. The Balaban J connectivity index is 1.03. The highest BCUT2D eigenvalue weighted by molar-refractivity contribution is 7.99. The number of anilines is 1. The number of carbonyl (C=O) groups is 4. The van der Waals surface area contributed by atoms with Crippen LogP contribution in [0.2, 0.25) is 0 Å². The number of rotatable bonds is 13. The van der Waals surface area contributed by atoms with Gasteiger partial charge in [-0.1, -0.05) is 91.0 Å². The van der Waals surface area contributed by atoms with Gasteiger partial charge in [0.2, 0.25) is 11.8 Å². The molecule has 3 N–H and O–H groups in total. The van der Waals surface area contributed by atoms with Crippen molar-refractivity contribution < 1.29 is 38.5 Å². The molecule has 292 valence electrons. The molecule has 2 heterocycles. The summed E-state index contributed by atoms with van der Waals surface area (Å²) >= 11 is 1.67. The molecule has 0 saturated carbocycles. The molecular weight excluding hydrogens is 743 g/mol. The third-order valence-corrected chi connectivity index (χ3v) is 10.9. The molecule has 7 rings (SSSR count). The maximum atomic E-state index is 13.2. The first-order valence-corrected chi connectivity index (χ1v) is 19.7. The average Bonchev–Trinajstić information content (AvgIpc) is 3.49. The summed E-state index contributed by atoms with van der Waals surface area (Å²) in [6.07, 6.45) is -1.34. The molecule has 11 nitrogen and oxygen atoms in total. The highest BCUT2D eigenvalue weighted by Gasteiger charge is 2.40. The van der Waals surface area contributed by atoms with Crippen LogP contribution in [0, 0.1) is 0 Å². The number of likely N-dealkylation sites (tertiary alicyclic amines) is 1. The fourth-order valence-corrected chi connectivity index (χ4v) is 7.74. The highest BCUT2D eigenvalue weighted by Crippen LogP contribution is 2.40. The fourth-order valence-electron chi connectivity index (χ4n) is 6.82. The van der Waals surface area contributed by atoms with Gasteiger partial charge in [0, 0.05) is 35.2 Å². The van der Waals surface area contributed by atoms with Crippen molar-refractivity contribution in [1.29, 1.82) is 0 Å². The molecule has 0 aromatic heterocycles. The second-order valence-electron chi connectivity index (χ2n) is 14.0. The standard InChI is InChI=1S/C45H43N3O8S/c1-29(50)46-37-17-19-39(20-18-37)57-28-38-23-41(33-15-13-30(26-49)14-16-33)56-44(55-38)36-12-6-11-35(22-36)34-10-5-9-32(21-34)25-48-42(51)24-40(43(48)52)47-45(53)54-27-31-7-3-2-4-8-31/h2-22,38,40-41,44,49H,23-28H2,1H3,(H,46,50)(H,47,53)/t38-,40?,41+,44+/m0/s1. The molecule has 2 saturated heterocycles. The quantitative estimate of drug-likeness (QED) is 0.0809. The number of amides is 4. The first-order chi connectivity index (χ1) is 27.7. The number of imide groups is 1. The number of nitrogens with zero attached hydrogens (tertiary/aromatic N) is 1. The normalized spacial score (nSPS) is 19.3. The molecule has 12 heteroatoms. The van der Waals surface area contributed by atoms with E-state index in [1.54, 1.807) is 11.8 Å². The lowest BCUT2D eigenvalue weighted by atomic mass is 9.99. The van der Waals surface area contributed by atoms with Crippen molar-refractivity contribution >= 4 is 41.3 Å².